The molecule has 0 radical (unpaired) electrons. The van der Waals surface area contributed by atoms with Crippen molar-refractivity contribution in [1.29, 1.82) is 0 Å². The van der Waals surface area contributed by atoms with E-state index >= 15 is 0 Å². The Morgan fingerprint density at radius 2 is 1.95 bits per heavy atom. The first-order valence-corrected chi connectivity index (χ1v) is 7.40. The third-order valence-electron chi connectivity index (χ3n) is 3.28. The van der Waals surface area contributed by atoms with E-state index in [1.54, 1.807) is 4.90 Å². The third-order valence-corrected chi connectivity index (χ3v) is 3.28. The van der Waals surface area contributed by atoms with E-state index in [2.05, 4.69) is 15.3 Å². The average molecular weight is 306 g/mol. The predicted molar refractivity (Wildman–Crippen MR) is 80.3 cm³/mol. The van der Waals surface area contributed by atoms with Crippen molar-refractivity contribution in [2.75, 3.05) is 13.1 Å². The van der Waals surface area contributed by atoms with Crippen LogP contribution in [-0.4, -0.2) is 51.6 Å². The topological polar surface area (TPSA) is 84.4 Å². The number of hydrogen-bond acceptors (Lipinski definition) is 5. The Bertz CT molecular complexity index is 519. The van der Waals surface area contributed by atoms with Crippen LogP contribution in [0.5, 0.6) is 0 Å². The summed E-state index contributed by atoms with van der Waals surface area (Å²) in [6.45, 7) is 6.68. The number of likely N-dealkylation sites (tertiary alicyclic amines) is 1. The van der Waals surface area contributed by atoms with Gasteiger partial charge in [-0.15, -0.1) is 0 Å². The molecule has 0 spiro atoms. The van der Waals surface area contributed by atoms with E-state index in [0.717, 1.165) is 0 Å². The van der Waals surface area contributed by atoms with Gasteiger partial charge in [-0.1, -0.05) is 0 Å². The average Bonchev–Trinajstić information content (AvgIpc) is 2.47. The van der Waals surface area contributed by atoms with Gasteiger partial charge in [-0.3, -0.25) is 9.78 Å². The zero-order valence-electron chi connectivity index (χ0n) is 13.2. The maximum atomic E-state index is 12.0. The molecule has 1 aromatic rings. The van der Waals surface area contributed by atoms with E-state index in [0.29, 0.717) is 31.6 Å². The van der Waals surface area contributed by atoms with Crippen molar-refractivity contribution in [2.45, 2.75) is 45.3 Å². The van der Waals surface area contributed by atoms with Gasteiger partial charge < -0.3 is 15.0 Å². The second kappa shape index (κ2) is 6.72. The van der Waals surface area contributed by atoms with Gasteiger partial charge in [0.05, 0.1) is 6.20 Å². The number of hydrogen-bond donors (Lipinski definition) is 1. The molecule has 22 heavy (non-hydrogen) atoms. The van der Waals surface area contributed by atoms with Crippen molar-refractivity contribution in [3.05, 3.63) is 24.3 Å². The van der Waals surface area contributed by atoms with E-state index < -0.39 is 5.60 Å². The summed E-state index contributed by atoms with van der Waals surface area (Å²) in [7, 11) is 0. The molecule has 2 amide bonds. The fourth-order valence-corrected chi connectivity index (χ4v) is 2.21. The lowest BCUT2D eigenvalue weighted by Gasteiger charge is -2.33. The summed E-state index contributed by atoms with van der Waals surface area (Å²) in [6.07, 6.45) is 5.55. The third kappa shape index (κ3) is 4.68. The normalized spacial score (nSPS) is 16.2. The zero-order chi connectivity index (χ0) is 16.2. The molecular formula is C15H22N4O3. The second-order valence-electron chi connectivity index (χ2n) is 6.31. The lowest BCUT2D eigenvalue weighted by Crippen LogP contribution is -2.47. The van der Waals surface area contributed by atoms with Gasteiger partial charge in [0.1, 0.15) is 11.3 Å². The van der Waals surface area contributed by atoms with Gasteiger partial charge in [-0.25, -0.2) is 9.78 Å². The molecule has 1 aliphatic rings. The minimum absolute atomic E-state index is 0.0354. The zero-order valence-corrected chi connectivity index (χ0v) is 13.2. The Morgan fingerprint density at radius 1 is 1.27 bits per heavy atom. The summed E-state index contributed by atoms with van der Waals surface area (Å²) >= 11 is 0. The minimum Gasteiger partial charge on any atom is -0.444 e. The van der Waals surface area contributed by atoms with E-state index in [1.165, 1.54) is 18.6 Å². The van der Waals surface area contributed by atoms with Crippen molar-refractivity contribution in [1.82, 2.24) is 20.2 Å². The van der Waals surface area contributed by atoms with Crippen LogP contribution in [0, 0.1) is 0 Å². The molecule has 2 heterocycles. The molecule has 1 fully saturated rings. The number of ether oxygens (including phenoxy) is 1. The number of amides is 2. The van der Waals surface area contributed by atoms with Crippen LogP contribution in [-0.2, 0) is 4.74 Å². The van der Waals surface area contributed by atoms with Crippen LogP contribution in [0.4, 0.5) is 4.79 Å². The lowest BCUT2D eigenvalue weighted by molar-refractivity contribution is 0.0199. The minimum atomic E-state index is -0.492. The van der Waals surface area contributed by atoms with Crippen molar-refractivity contribution in [2.24, 2.45) is 0 Å². The van der Waals surface area contributed by atoms with Gasteiger partial charge in [0.2, 0.25) is 0 Å². The standard InChI is InChI=1S/C15H22N4O3/c1-15(2,3)22-14(21)19-8-4-11(5-9-19)18-13(20)12-10-16-6-7-17-12/h6-7,10-11H,4-5,8-9H2,1-3H3,(H,18,20). The van der Waals surface area contributed by atoms with Crippen LogP contribution in [0.2, 0.25) is 0 Å². The summed E-state index contributed by atoms with van der Waals surface area (Å²) in [5.41, 5.74) is -0.189. The Kier molecular flexibility index (Phi) is 4.95. The molecule has 2 rings (SSSR count). The largest absolute Gasteiger partial charge is 0.444 e. The summed E-state index contributed by atoms with van der Waals surface area (Å²) < 4.78 is 5.34. The molecular weight excluding hydrogens is 284 g/mol. The molecule has 7 nitrogen and oxygen atoms in total. The Hall–Kier alpha value is -2.18. The maximum Gasteiger partial charge on any atom is 0.410 e. The molecule has 1 aromatic heterocycles. The number of nitrogens with one attached hydrogen (secondary N) is 1. The van der Waals surface area contributed by atoms with Crippen molar-refractivity contribution in [3.63, 3.8) is 0 Å². The van der Waals surface area contributed by atoms with Crippen LogP contribution < -0.4 is 5.32 Å². The highest BCUT2D eigenvalue weighted by molar-refractivity contribution is 5.92. The first-order chi connectivity index (χ1) is 10.3. The van der Waals surface area contributed by atoms with E-state index in [4.69, 9.17) is 4.74 Å². The van der Waals surface area contributed by atoms with Gasteiger partial charge in [0.15, 0.2) is 0 Å². The van der Waals surface area contributed by atoms with Crippen molar-refractivity contribution >= 4 is 12.0 Å². The molecule has 120 valence electrons. The number of rotatable bonds is 2. The van der Waals surface area contributed by atoms with Crippen LogP contribution in [0.1, 0.15) is 44.1 Å². The molecule has 7 heteroatoms. The molecule has 0 unspecified atom stereocenters. The van der Waals surface area contributed by atoms with Crippen LogP contribution in [0.25, 0.3) is 0 Å². The van der Waals surface area contributed by atoms with E-state index in [1.807, 2.05) is 20.8 Å². The molecule has 0 aromatic carbocycles. The Labute approximate surface area is 130 Å². The summed E-state index contributed by atoms with van der Waals surface area (Å²) in [6, 6.07) is 0.0354. The summed E-state index contributed by atoms with van der Waals surface area (Å²) in [4.78, 5) is 33.5. The molecule has 0 saturated carbocycles. The van der Waals surface area contributed by atoms with E-state index in [9.17, 15) is 9.59 Å². The van der Waals surface area contributed by atoms with E-state index in [-0.39, 0.29) is 18.0 Å². The molecule has 1 aliphatic heterocycles. The fraction of sp³-hybridized carbons (Fsp3) is 0.600. The smallest absolute Gasteiger partial charge is 0.410 e. The fourth-order valence-electron chi connectivity index (χ4n) is 2.21. The SMILES string of the molecule is CC(C)(C)OC(=O)N1CCC(NC(=O)c2cnccn2)CC1. The number of piperidine rings is 1. The predicted octanol–water partition coefficient (Wildman–Crippen LogP) is 1.61. The Morgan fingerprint density at radius 3 is 2.50 bits per heavy atom. The van der Waals surface area contributed by atoms with Crippen molar-refractivity contribution < 1.29 is 14.3 Å². The van der Waals surface area contributed by atoms with Crippen molar-refractivity contribution in [3.8, 4) is 0 Å². The van der Waals surface area contributed by atoms with Crippen LogP contribution in [0.3, 0.4) is 0 Å². The number of aromatic nitrogens is 2. The number of carbonyl (C=O) groups is 2. The number of carbonyl (C=O) groups excluding carboxylic acids is 2. The first-order valence-electron chi connectivity index (χ1n) is 7.40. The molecule has 1 N–H and O–H groups in total. The Balaban J connectivity index is 1.80. The molecule has 0 atom stereocenters. The van der Waals surface area contributed by atoms with Gasteiger partial charge in [-0.2, -0.15) is 0 Å². The molecule has 1 saturated heterocycles. The highest BCUT2D eigenvalue weighted by atomic mass is 16.6. The van der Waals surface area contributed by atoms with Gasteiger partial charge in [0.25, 0.3) is 5.91 Å². The highest BCUT2D eigenvalue weighted by Gasteiger charge is 2.27. The highest BCUT2D eigenvalue weighted by Crippen LogP contribution is 2.15. The number of nitrogens with zero attached hydrogens (tertiary/aromatic N) is 3. The monoisotopic (exact) mass is 306 g/mol. The first kappa shape index (κ1) is 16.2. The molecule has 0 bridgehead atoms. The quantitative estimate of drug-likeness (QED) is 0.897. The summed E-state index contributed by atoms with van der Waals surface area (Å²) in [5, 5.41) is 2.92. The van der Waals surface area contributed by atoms with Gasteiger partial charge in [-0.05, 0) is 33.6 Å². The summed E-state index contributed by atoms with van der Waals surface area (Å²) in [5.74, 6) is -0.233. The maximum absolute atomic E-state index is 12.0. The van der Waals surface area contributed by atoms with Crippen LogP contribution in [0.15, 0.2) is 18.6 Å². The second-order valence-corrected chi connectivity index (χ2v) is 6.31. The molecule has 0 aliphatic carbocycles. The van der Waals surface area contributed by atoms with Gasteiger partial charge >= 0.3 is 6.09 Å². The lowest BCUT2D eigenvalue weighted by atomic mass is 10.1. The van der Waals surface area contributed by atoms with Gasteiger partial charge in [0, 0.05) is 31.5 Å². The van der Waals surface area contributed by atoms with Crippen LogP contribution >= 0.6 is 0 Å².